The minimum absolute atomic E-state index is 0.0682. The molecule has 0 bridgehead atoms. The van der Waals surface area contributed by atoms with Gasteiger partial charge in [0.2, 0.25) is 5.88 Å². The third-order valence-corrected chi connectivity index (χ3v) is 6.10. The molecular weight excluding hydrogens is 382 g/mol. The molecule has 0 radical (unpaired) electrons. The van der Waals surface area contributed by atoms with Gasteiger partial charge in [0.15, 0.2) is 0 Å². The number of fused-ring (bicyclic) bond motifs is 2. The number of ether oxygens (including phenoxy) is 1. The van der Waals surface area contributed by atoms with Crippen LogP contribution in [-0.2, 0) is 0 Å². The summed E-state index contributed by atoms with van der Waals surface area (Å²) in [5.41, 5.74) is 1.53. The summed E-state index contributed by atoms with van der Waals surface area (Å²) in [6, 6.07) is 5.84. The van der Waals surface area contributed by atoms with Gasteiger partial charge in [0.25, 0.3) is 0 Å². The van der Waals surface area contributed by atoms with E-state index in [1.54, 1.807) is 25.4 Å². The van der Waals surface area contributed by atoms with Gasteiger partial charge >= 0.3 is 6.03 Å². The zero-order valence-electron chi connectivity index (χ0n) is 17.1. The number of pyridine rings is 1. The summed E-state index contributed by atoms with van der Waals surface area (Å²) >= 11 is 0. The van der Waals surface area contributed by atoms with Crippen LogP contribution in [-0.4, -0.2) is 57.1 Å². The van der Waals surface area contributed by atoms with Crippen LogP contribution in [0.4, 0.5) is 16.3 Å². The van der Waals surface area contributed by atoms with Gasteiger partial charge in [-0.05, 0) is 43.7 Å². The van der Waals surface area contributed by atoms with Crippen molar-refractivity contribution in [3.8, 4) is 5.88 Å². The molecule has 156 valence electrons. The molecule has 2 fully saturated rings. The fraction of sp³-hybridized carbons (Fsp3) is 0.429. The Labute approximate surface area is 174 Å². The Morgan fingerprint density at radius 3 is 2.70 bits per heavy atom. The molecule has 3 N–H and O–H groups in total. The molecule has 1 aliphatic carbocycles. The van der Waals surface area contributed by atoms with Crippen molar-refractivity contribution in [3.63, 3.8) is 0 Å². The molecule has 1 unspecified atom stereocenters. The number of nitrogens with one attached hydrogen (secondary N) is 3. The molecule has 2 amide bonds. The SMILES string of the molecule is COc1ccc(NC(=O)N2C[C@H]3CC(Nc4nc(C)nc5[nH]ccc45)C[C@H]3C2)cn1. The smallest absolute Gasteiger partial charge is 0.321 e. The van der Waals surface area contributed by atoms with E-state index >= 15 is 0 Å². The van der Waals surface area contributed by atoms with Crippen molar-refractivity contribution in [2.24, 2.45) is 11.8 Å². The topological polar surface area (TPSA) is 108 Å². The molecule has 1 aliphatic heterocycles. The van der Waals surface area contributed by atoms with Crippen molar-refractivity contribution in [2.45, 2.75) is 25.8 Å². The van der Waals surface area contributed by atoms with E-state index in [9.17, 15) is 4.79 Å². The van der Waals surface area contributed by atoms with Crippen LogP contribution in [0.5, 0.6) is 5.88 Å². The number of hydrogen-bond donors (Lipinski definition) is 3. The summed E-state index contributed by atoms with van der Waals surface area (Å²) in [6.45, 7) is 3.46. The maximum atomic E-state index is 12.6. The number of carbonyl (C=O) groups is 1. The van der Waals surface area contributed by atoms with Crippen LogP contribution in [0.25, 0.3) is 11.0 Å². The van der Waals surface area contributed by atoms with E-state index in [1.165, 1.54) is 0 Å². The van der Waals surface area contributed by atoms with Crippen molar-refractivity contribution in [1.82, 2.24) is 24.8 Å². The van der Waals surface area contributed by atoms with Gasteiger partial charge in [-0.15, -0.1) is 0 Å². The Morgan fingerprint density at radius 1 is 1.20 bits per heavy atom. The maximum absolute atomic E-state index is 12.6. The van der Waals surface area contributed by atoms with Gasteiger partial charge in [-0.2, -0.15) is 0 Å². The number of aryl methyl sites for hydroxylation is 1. The summed E-state index contributed by atoms with van der Waals surface area (Å²) in [5.74, 6) is 3.18. The number of urea groups is 1. The van der Waals surface area contributed by atoms with E-state index < -0.39 is 0 Å². The lowest BCUT2D eigenvalue weighted by atomic mass is 10.0. The molecule has 0 spiro atoms. The Kier molecular flexibility index (Phi) is 4.65. The first kappa shape index (κ1) is 18.7. The first-order chi connectivity index (χ1) is 14.6. The van der Waals surface area contributed by atoms with Crippen LogP contribution < -0.4 is 15.4 Å². The van der Waals surface area contributed by atoms with Crippen LogP contribution in [0.1, 0.15) is 18.7 Å². The van der Waals surface area contributed by atoms with E-state index in [4.69, 9.17) is 4.74 Å². The highest BCUT2D eigenvalue weighted by Crippen LogP contribution is 2.39. The molecule has 2 aliphatic rings. The third-order valence-electron chi connectivity index (χ3n) is 6.10. The van der Waals surface area contributed by atoms with Gasteiger partial charge in [0, 0.05) is 31.4 Å². The van der Waals surface area contributed by atoms with Crippen molar-refractivity contribution >= 4 is 28.6 Å². The normalized spacial score (nSPS) is 22.9. The van der Waals surface area contributed by atoms with Gasteiger partial charge in [0.05, 0.1) is 24.4 Å². The number of methoxy groups -OCH3 is 1. The number of amides is 2. The molecule has 9 heteroatoms. The first-order valence-electron chi connectivity index (χ1n) is 10.2. The summed E-state index contributed by atoms with van der Waals surface area (Å²) in [6.07, 6.45) is 5.57. The number of aromatic amines is 1. The fourth-order valence-electron chi connectivity index (χ4n) is 4.72. The lowest BCUT2D eigenvalue weighted by molar-refractivity contribution is 0.218. The molecule has 4 heterocycles. The number of carbonyl (C=O) groups excluding carboxylic acids is 1. The minimum Gasteiger partial charge on any atom is -0.481 e. The predicted octanol–water partition coefficient (Wildman–Crippen LogP) is 3.02. The van der Waals surface area contributed by atoms with Gasteiger partial charge < -0.3 is 25.3 Å². The Hall–Kier alpha value is -3.36. The molecule has 1 saturated heterocycles. The number of nitrogens with zero attached hydrogens (tertiary/aromatic N) is 4. The second-order valence-corrected chi connectivity index (χ2v) is 8.12. The highest BCUT2D eigenvalue weighted by Gasteiger charge is 2.42. The quantitative estimate of drug-likeness (QED) is 0.614. The van der Waals surface area contributed by atoms with Crippen molar-refractivity contribution in [3.05, 3.63) is 36.4 Å². The summed E-state index contributed by atoms with van der Waals surface area (Å²) in [7, 11) is 1.57. The molecule has 3 atom stereocenters. The standard InChI is InChI=1S/C21H25N7O2/c1-12-24-19-17(5-6-22-19)20(25-12)26-16-7-13-10-28(11-14(13)8-16)21(29)27-15-3-4-18(30-2)23-9-15/h3-6,9,13-14,16H,7-8,10-11H2,1-2H3,(H,27,29)(H2,22,24,25,26)/t13-,14+,16?. The Balaban J connectivity index is 1.19. The monoisotopic (exact) mass is 407 g/mol. The third kappa shape index (κ3) is 3.51. The van der Waals surface area contributed by atoms with Crippen LogP contribution in [0, 0.1) is 18.8 Å². The first-order valence-corrected chi connectivity index (χ1v) is 10.2. The molecule has 30 heavy (non-hydrogen) atoms. The van der Waals surface area contributed by atoms with Crippen molar-refractivity contribution in [1.29, 1.82) is 0 Å². The zero-order chi connectivity index (χ0) is 20.7. The van der Waals surface area contributed by atoms with Gasteiger partial charge in [-0.1, -0.05) is 0 Å². The van der Waals surface area contributed by atoms with E-state index in [0.717, 1.165) is 48.6 Å². The van der Waals surface area contributed by atoms with Gasteiger partial charge in [-0.25, -0.2) is 19.7 Å². The predicted molar refractivity (Wildman–Crippen MR) is 114 cm³/mol. The summed E-state index contributed by atoms with van der Waals surface area (Å²) < 4.78 is 5.05. The number of hydrogen-bond acceptors (Lipinski definition) is 6. The molecule has 9 nitrogen and oxygen atoms in total. The minimum atomic E-state index is -0.0682. The molecule has 1 saturated carbocycles. The molecular formula is C21H25N7O2. The number of rotatable bonds is 4. The average molecular weight is 407 g/mol. The number of likely N-dealkylation sites (tertiary alicyclic amines) is 1. The van der Waals surface area contributed by atoms with E-state index in [0.29, 0.717) is 29.4 Å². The van der Waals surface area contributed by atoms with Crippen LogP contribution in [0.3, 0.4) is 0 Å². The van der Waals surface area contributed by atoms with Crippen molar-refractivity contribution < 1.29 is 9.53 Å². The van der Waals surface area contributed by atoms with Gasteiger partial charge in [0.1, 0.15) is 17.3 Å². The van der Waals surface area contributed by atoms with Crippen molar-refractivity contribution in [2.75, 3.05) is 30.8 Å². The molecule has 3 aromatic rings. The fourth-order valence-corrected chi connectivity index (χ4v) is 4.72. The highest BCUT2D eigenvalue weighted by atomic mass is 16.5. The van der Waals surface area contributed by atoms with Crippen LogP contribution in [0.2, 0.25) is 0 Å². The Bertz CT molecular complexity index is 1050. The van der Waals surface area contributed by atoms with E-state index in [2.05, 4.69) is 30.6 Å². The van der Waals surface area contributed by atoms with Crippen LogP contribution >= 0.6 is 0 Å². The largest absolute Gasteiger partial charge is 0.481 e. The zero-order valence-corrected chi connectivity index (χ0v) is 17.1. The Morgan fingerprint density at radius 2 is 2.00 bits per heavy atom. The average Bonchev–Trinajstić information content (AvgIpc) is 3.43. The molecule has 0 aromatic carbocycles. The maximum Gasteiger partial charge on any atom is 0.321 e. The lowest BCUT2D eigenvalue weighted by Gasteiger charge is -2.21. The van der Waals surface area contributed by atoms with Gasteiger partial charge in [-0.3, -0.25) is 0 Å². The molecule has 5 rings (SSSR count). The second-order valence-electron chi connectivity index (χ2n) is 8.12. The lowest BCUT2D eigenvalue weighted by Crippen LogP contribution is -2.34. The second kappa shape index (κ2) is 7.47. The number of aromatic nitrogens is 4. The van der Waals surface area contributed by atoms with Crippen LogP contribution in [0.15, 0.2) is 30.6 Å². The highest BCUT2D eigenvalue weighted by molar-refractivity contribution is 5.89. The summed E-state index contributed by atoms with van der Waals surface area (Å²) in [4.78, 5) is 30.9. The molecule has 3 aromatic heterocycles. The number of anilines is 2. The summed E-state index contributed by atoms with van der Waals surface area (Å²) in [5, 5.41) is 7.58. The van der Waals surface area contributed by atoms with E-state index in [-0.39, 0.29) is 6.03 Å². The number of H-pyrrole nitrogens is 1. The van der Waals surface area contributed by atoms with E-state index in [1.807, 2.05) is 24.1 Å².